The highest BCUT2D eigenvalue weighted by Crippen LogP contribution is 2.49. The summed E-state index contributed by atoms with van der Waals surface area (Å²) in [6.45, 7) is 4.09. The van der Waals surface area contributed by atoms with Crippen molar-refractivity contribution in [1.29, 1.82) is 0 Å². The van der Waals surface area contributed by atoms with Gasteiger partial charge in [0.05, 0.1) is 6.10 Å². The molecule has 6 aromatic rings. The van der Waals surface area contributed by atoms with Gasteiger partial charge in [0.25, 0.3) is 0 Å². The van der Waals surface area contributed by atoms with Crippen LogP contribution in [0, 0.1) is 0 Å². The molecule has 0 N–H and O–H groups in total. The molecular weight excluding hydrogens is 483 g/mol. The summed E-state index contributed by atoms with van der Waals surface area (Å²) < 4.78 is 22.1. The van der Waals surface area contributed by atoms with E-state index in [1.807, 2.05) is 80.6 Å². The zero-order valence-corrected chi connectivity index (χ0v) is 22.4. The highest BCUT2D eigenvalue weighted by Gasteiger charge is 2.34. The standard InChI is InChI=1S/C35H29O2P/c1-25(2)37-32-23-21-26-13-9-11-19-30(26)34(32)35-31-20-12-10-14-27(31)22-24-33(35)38(36,28-15-5-3-6-16-28)29-17-7-4-8-18-29/h3-25H,1-2H3. The maximum atomic E-state index is 15.7. The molecule has 3 heteroatoms. The Bertz CT molecular complexity index is 1750. The molecular formula is C35H29O2P. The van der Waals surface area contributed by atoms with Gasteiger partial charge in [0.15, 0.2) is 7.14 Å². The SMILES string of the molecule is CC(C)Oc1ccc2ccccc2c1-c1c(P(=O)(c2ccccc2)c2ccccc2)ccc2ccccc12. The van der Waals surface area contributed by atoms with E-state index in [2.05, 4.69) is 66.7 Å². The molecule has 0 radical (unpaired) electrons. The fraction of sp³-hybridized carbons (Fsp3) is 0.0857. The topological polar surface area (TPSA) is 26.3 Å². The molecule has 0 aliphatic rings. The van der Waals surface area contributed by atoms with Crippen molar-refractivity contribution >= 4 is 44.6 Å². The summed E-state index contributed by atoms with van der Waals surface area (Å²) in [4.78, 5) is 0. The second kappa shape index (κ2) is 9.97. The molecule has 0 spiro atoms. The van der Waals surface area contributed by atoms with Crippen LogP contribution in [0.5, 0.6) is 5.75 Å². The monoisotopic (exact) mass is 512 g/mol. The molecule has 0 unspecified atom stereocenters. The first kappa shape index (κ1) is 24.2. The highest BCUT2D eigenvalue weighted by atomic mass is 31.2. The van der Waals surface area contributed by atoms with E-state index in [1.54, 1.807) is 0 Å². The van der Waals surface area contributed by atoms with Crippen LogP contribution in [0.2, 0.25) is 0 Å². The first-order valence-electron chi connectivity index (χ1n) is 13.0. The van der Waals surface area contributed by atoms with E-state index in [-0.39, 0.29) is 6.10 Å². The van der Waals surface area contributed by atoms with Gasteiger partial charge in [-0.1, -0.05) is 121 Å². The first-order valence-corrected chi connectivity index (χ1v) is 14.7. The van der Waals surface area contributed by atoms with Gasteiger partial charge in [0.2, 0.25) is 0 Å². The van der Waals surface area contributed by atoms with Crippen molar-refractivity contribution in [3.63, 3.8) is 0 Å². The Balaban J connectivity index is 1.81. The molecule has 6 rings (SSSR count). The maximum absolute atomic E-state index is 15.7. The fourth-order valence-corrected chi connectivity index (χ4v) is 8.22. The average molecular weight is 513 g/mol. The first-order chi connectivity index (χ1) is 18.6. The van der Waals surface area contributed by atoms with Crippen LogP contribution < -0.4 is 20.7 Å². The van der Waals surface area contributed by atoms with Gasteiger partial charge in [0, 0.05) is 27.0 Å². The minimum atomic E-state index is -3.27. The van der Waals surface area contributed by atoms with Crippen molar-refractivity contribution in [3.8, 4) is 16.9 Å². The van der Waals surface area contributed by atoms with Gasteiger partial charge in [-0.3, -0.25) is 0 Å². The van der Waals surface area contributed by atoms with Crippen molar-refractivity contribution in [2.75, 3.05) is 0 Å². The number of hydrogen-bond donors (Lipinski definition) is 0. The van der Waals surface area contributed by atoms with Crippen molar-refractivity contribution in [2.45, 2.75) is 20.0 Å². The van der Waals surface area contributed by atoms with Gasteiger partial charge in [-0.05, 0) is 47.5 Å². The molecule has 0 saturated heterocycles. The second-order valence-corrected chi connectivity index (χ2v) is 12.5. The fourth-order valence-electron chi connectivity index (χ4n) is 5.35. The van der Waals surface area contributed by atoms with Crippen molar-refractivity contribution < 1.29 is 9.30 Å². The largest absolute Gasteiger partial charge is 0.490 e. The van der Waals surface area contributed by atoms with Gasteiger partial charge in [-0.2, -0.15) is 0 Å². The minimum absolute atomic E-state index is 0.0108. The predicted molar refractivity (Wildman–Crippen MR) is 162 cm³/mol. The Morgan fingerprint density at radius 1 is 0.526 bits per heavy atom. The van der Waals surface area contributed by atoms with Crippen LogP contribution in [-0.4, -0.2) is 6.10 Å². The molecule has 0 bridgehead atoms. The lowest BCUT2D eigenvalue weighted by molar-refractivity contribution is 0.244. The number of benzene rings is 6. The third kappa shape index (κ3) is 4.12. The summed E-state index contributed by atoms with van der Waals surface area (Å²) in [5.41, 5.74) is 1.95. The van der Waals surface area contributed by atoms with Crippen LogP contribution in [0.15, 0.2) is 133 Å². The predicted octanol–water partition coefficient (Wildman–Crippen LogP) is 8.09. The Kier molecular flexibility index (Phi) is 6.35. The molecule has 38 heavy (non-hydrogen) atoms. The lowest BCUT2D eigenvalue weighted by atomic mass is 9.93. The number of fused-ring (bicyclic) bond motifs is 2. The quantitative estimate of drug-likeness (QED) is 0.211. The Labute approximate surface area is 223 Å². The third-order valence-electron chi connectivity index (χ3n) is 6.99. The van der Waals surface area contributed by atoms with Crippen LogP contribution in [0.1, 0.15) is 13.8 Å². The van der Waals surface area contributed by atoms with E-state index < -0.39 is 7.14 Å². The molecule has 0 heterocycles. The molecule has 0 aliphatic heterocycles. The summed E-state index contributed by atoms with van der Waals surface area (Å²) in [5, 5.41) is 6.80. The van der Waals surface area contributed by atoms with E-state index in [4.69, 9.17) is 4.74 Å². The summed E-state index contributed by atoms with van der Waals surface area (Å²) in [7, 11) is -3.27. The van der Waals surface area contributed by atoms with E-state index in [0.29, 0.717) is 0 Å². The van der Waals surface area contributed by atoms with E-state index in [0.717, 1.165) is 54.3 Å². The number of ether oxygens (including phenoxy) is 1. The Morgan fingerprint density at radius 3 is 1.55 bits per heavy atom. The van der Waals surface area contributed by atoms with E-state index in [1.165, 1.54) is 0 Å². The summed E-state index contributed by atoms with van der Waals surface area (Å²) in [6.07, 6.45) is -0.0108. The third-order valence-corrected chi connectivity index (χ3v) is 10.1. The normalized spacial score (nSPS) is 11.8. The summed E-state index contributed by atoms with van der Waals surface area (Å²) in [6, 6.07) is 44.8. The molecule has 6 aromatic carbocycles. The van der Waals surface area contributed by atoms with E-state index >= 15 is 4.57 Å². The lowest BCUT2D eigenvalue weighted by Crippen LogP contribution is -2.26. The van der Waals surface area contributed by atoms with Gasteiger partial charge >= 0.3 is 0 Å². The molecule has 0 saturated carbocycles. The molecule has 186 valence electrons. The smallest absolute Gasteiger partial charge is 0.171 e. The van der Waals surface area contributed by atoms with Gasteiger partial charge in [0.1, 0.15) is 5.75 Å². The molecule has 0 aromatic heterocycles. The molecule has 0 fully saturated rings. The van der Waals surface area contributed by atoms with Crippen molar-refractivity contribution in [1.82, 2.24) is 0 Å². The molecule has 0 atom stereocenters. The number of hydrogen-bond acceptors (Lipinski definition) is 2. The summed E-state index contributed by atoms with van der Waals surface area (Å²) in [5.74, 6) is 0.795. The van der Waals surface area contributed by atoms with E-state index in [9.17, 15) is 0 Å². The maximum Gasteiger partial charge on any atom is 0.171 e. The minimum Gasteiger partial charge on any atom is -0.490 e. The molecule has 0 aliphatic carbocycles. The van der Waals surface area contributed by atoms with Gasteiger partial charge in [-0.25, -0.2) is 0 Å². The van der Waals surface area contributed by atoms with Crippen LogP contribution in [-0.2, 0) is 4.57 Å². The van der Waals surface area contributed by atoms with Gasteiger partial charge in [-0.15, -0.1) is 0 Å². The van der Waals surface area contributed by atoms with Crippen LogP contribution >= 0.6 is 7.14 Å². The molecule has 0 amide bonds. The van der Waals surface area contributed by atoms with Crippen molar-refractivity contribution in [2.24, 2.45) is 0 Å². The zero-order chi connectivity index (χ0) is 26.1. The van der Waals surface area contributed by atoms with Crippen LogP contribution in [0.25, 0.3) is 32.7 Å². The Morgan fingerprint density at radius 2 is 1.00 bits per heavy atom. The van der Waals surface area contributed by atoms with Crippen LogP contribution in [0.3, 0.4) is 0 Å². The summed E-state index contributed by atoms with van der Waals surface area (Å²) >= 11 is 0. The molecule has 2 nitrogen and oxygen atoms in total. The highest BCUT2D eigenvalue weighted by molar-refractivity contribution is 7.85. The second-order valence-electron chi connectivity index (χ2n) is 9.79. The van der Waals surface area contributed by atoms with Crippen LogP contribution in [0.4, 0.5) is 0 Å². The van der Waals surface area contributed by atoms with Crippen molar-refractivity contribution in [3.05, 3.63) is 133 Å². The average Bonchev–Trinajstić information content (AvgIpc) is 2.97. The Hall–Kier alpha value is -4.13. The van der Waals surface area contributed by atoms with Gasteiger partial charge < -0.3 is 9.30 Å². The lowest BCUT2D eigenvalue weighted by Gasteiger charge is -2.26. The zero-order valence-electron chi connectivity index (χ0n) is 21.5. The number of rotatable bonds is 6.